The molecule has 1 fully saturated rings. The Hall–Kier alpha value is -3.37. The minimum Gasteiger partial charge on any atom is -0.473 e. The van der Waals surface area contributed by atoms with Crippen molar-refractivity contribution in [1.82, 2.24) is 15.1 Å². The van der Waals surface area contributed by atoms with Crippen LogP contribution in [-0.2, 0) is 0 Å². The molecule has 3 aromatic rings. The highest BCUT2D eigenvalue weighted by molar-refractivity contribution is 5.49. The van der Waals surface area contributed by atoms with Crippen molar-refractivity contribution in [3.8, 4) is 23.1 Å². The summed E-state index contributed by atoms with van der Waals surface area (Å²) in [6, 6.07) is 3.21. The standard InChI is InChI=1S/C18H13F4N3O4/c19-11-3-9(4-12(20)17(11)28-18(21)22)8-1-10(2-8)27-16-7-23-13(6-24-16)14-5-15(26)25-29-14/h3-8,10,18H,1-2H2,(H,25,26). The van der Waals surface area contributed by atoms with Crippen LogP contribution in [0, 0.1) is 11.6 Å². The molecule has 0 atom stereocenters. The molecule has 11 heteroatoms. The number of aromatic amines is 1. The second-order valence-corrected chi connectivity index (χ2v) is 6.42. The molecule has 1 aromatic carbocycles. The number of ether oxygens (including phenoxy) is 2. The summed E-state index contributed by atoms with van der Waals surface area (Å²) in [6.45, 7) is -3.31. The topological polar surface area (TPSA) is 90.2 Å². The van der Waals surface area contributed by atoms with E-state index in [0.717, 1.165) is 12.1 Å². The van der Waals surface area contributed by atoms with E-state index in [0.29, 0.717) is 24.1 Å². The molecule has 2 heterocycles. The van der Waals surface area contributed by atoms with Crippen LogP contribution in [0.5, 0.6) is 11.6 Å². The third kappa shape index (κ3) is 4.08. The molecule has 1 N–H and O–H groups in total. The van der Waals surface area contributed by atoms with Gasteiger partial charge < -0.3 is 14.0 Å². The first-order valence-corrected chi connectivity index (χ1v) is 8.50. The van der Waals surface area contributed by atoms with Crippen LogP contribution in [0.3, 0.4) is 0 Å². The quantitative estimate of drug-likeness (QED) is 0.623. The van der Waals surface area contributed by atoms with Crippen LogP contribution in [0.25, 0.3) is 11.5 Å². The Labute approximate surface area is 160 Å². The summed E-state index contributed by atoms with van der Waals surface area (Å²) in [6.07, 6.45) is 3.43. The highest BCUT2D eigenvalue weighted by atomic mass is 19.3. The molecule has 0 aliphatic heterocycles. The first kappa shape index (κ1) is 19.0. The third-order valence-electron chi connectivity index (χ3n) is 4.49. The number of aromatic nitrogens is 3. The van der Waals surface area contributed by atoms with E-state index >= 15 is 0 Å². The molecular weight excluding hydrogens is 398 g/mol. The maximum absolute atomic E-state index is 13.8. The molecule has 1 aliphatic carbocycles. The number of halogens is 4. The summed E-state index contributed by atoms with van der Waals surface area (Å²) in [5.41, 5.74) is 0.286. The molecule has 1 saturated carbocycles. The normalized spacial score (nSPS) is 18.5. The number of nitrogens with zero attached hydrogens (tertiary/aromatic N) is 2. The van der Waals surface area contributed by atoms with E-state index in [1.165, 1.54) is 18.5 Å². The van der Waals surface area contributed by atoms with E-state index in [9.17, 15) is 22.4 Å². The van der Waals surface area contributed by atoms with Gasteiger partial charge in [-0.05, 0) is 36.5 Å². The Morgan fingerprint density at radius 3 is 2.38 bits per heavy atom. The number of hydrogen-bond acceptors (Lipinski definition) is 6. The van der Waals surface area contributed by atoms with Gasteiger partial charge >= 0.3 is 6.61 Å². The van der Waals surface area contributed by atoms with Gasteiger partial charge in [0.05, 0.1) is 18.5 Å². The lowest BCUT2D eigenvalue weighted by atomic mass is 9.77. The molecule has 0 bridgehead atoms. The van der Waals surface area contributed by atoms with E-state index < -0.39 is 29.6 Å². The largest absolute Gasteiger partial charge is 0.473 e. The molecular formula is C18H13F4N3O4. The first-order valence-electron chi connectivity index (χ1n) is 8.50. The van der Waals surface area contributed by atoms with Crippen molar-refractivity contribution in [2.75, 3.05) is 0 Å². The molecule has 0 amide bonds. The minimum atomic E-state index is -3.31. The monoisotopic (exact) mass is 411 g/mol. The summed E-state index contributed by atoms with van der Waals surface area (Å²) in [7, 11) is 0. The van der Waals surface area contributed by atoms with Crippen molar-refractivity contribution < 1.29 is 31.6 Å². The second kappa shape index (κ2) is 7.57. The number of alkyl halides is 2. The Morgan fingerprint density at radius 1 is 1.10 bits per heavy atom. The molecule has 7 nitrogen and oxygen atoms in total. The van der Waals surface area contributed by atoms with Crippen LogP contribution < -0.4 is 15.0 Å². The molecule has 2 aromatic heterocycles. The average Bonchev–Trinajstić information content (AvgIpc) is 3.07. The molecule has 29 heavy (non-hydrogen) atoms. The van der Waals surface area contributed by atoms with Crippen LogP contribution in [0.2, 0.25) is 0 Å². The number of nitrogens with one attached hydrogen (secondary N) is 1. The first-order chi connectivity index (χ1) is 13.9. The predicted octanol–water partition coefficient (Wildman–Crippen LogP) is 3.63. The number of rotatable bonds is 6. The average molecular weight is 411 g/mol. The zero-order valence-corrected chi connectivity index (χ0v) is 14.6. The molecule has 0 saturated heterocycles. The smallest absolute Gasteiger partial charge is 0.387 e. The van der Waals surface area contributed by atoms with Gasteiger partial charge in [-0.2, -0.15) is 13.9 Å². The van der Waals surface area contributed by atoms with Gasteiger partial charge in [-0.25, -0.2) is 18.7 Å². The summed E-state index contributed by atoms with van der Waals surface area (Å²) < 4.78 is 66.5. The molecule has 152 valence electrons. The fourth-order valence-corrected chi connectivity index (χ4v) is 3.04. The summed E-state index contributed by atoms with van der Waals surface area (Å²) in [5.74, 6) is -3.16. The molecule has 0 radical (unpaired) electrons. The molecule has 0 spiro atoms. The fourth-order valence-electron chi connectivity index (χ4n) is 3.04. The lowest BCUT2D eigenvalue weighted by molar-refractivity contribution is -0.0547. The lowest BCUT2D eigenvalue weighted by Crippen LogP contribution is -2.32. The van der Waals surface area contributed by atoms with Gasteiger partial charge in [-0.15, -0.1) is 0 Å². The Bertz CT molecular complexity index is 1040. The van der Waals surface area contributed by atoms with Gasteiger partial charge in [0.2, 0.25) is 5.88 Å². The van der Waals surface area contributed by atoms with Gasteiger partial charge in [0.15, 0.2) is 23.1 Å². The van der Waals surface area contributed by atoms with E-state index in [1.807, 2.05) is 0 Å². The van der Waals surface area contributed by atoms with E-state index in [1.54, 1.807) is 0 Å². The summed E-state index contributed by atoms with van der Waals surface area (Å²) >= 11 is 0. The zero-order chi connectivity index (χ0) is 20.5. The Kier molecular flexibility index (Phi) is 4.95. The van der Waals surface area contributed by atoms with Crippen molar-refractivity contribution >= 4 is 0 Å². The maximum Gasteiger partial charge on any atom is 0.387 e. The molecule has 0 unspecified atom stereocenters. The van der Waals surface area contributed by atoms with Gasteiger partial charge in [0, 0.05) is 0 Å². The number of H-pyrrole nitrogens is 1. The molecule has 1 aliphatic rings. The third-order valence-corrected chi connectivity index (χ3v) is 4.49. The van der Waals surface area contributed by atoms with Crippen molar-refractivity contribution in [3.63, 3.8) is 0 Å². The number of hydrogen-bond donors (Lipinski definition) is 1. The van der Waals surface area contributed by atoms with Gasteiger partial charge in [0.1, 0.15) is 11.8 Å². The SMILES string of the molecule is O=c1cc(-c2cnc(OC3CC(c4cc(F)c(OC(F)F)c(F)c4)C3)cn2)o[nH]1. The summed E-state index contributed by atoms with van der Waals surface area (Å²) in [5, 5.41) is 2.15. The van der Waals surface area contributed by atoms with E-state index in [-0.39, 0.29) is 23.7 Å². The maximum atomic E-state index is 13.8. The highest BCUT2D eigenvalue weighted by Crippen LogP contribution is 2.40. The minimum absolute atomic E-state index is 0.189. The fraction of sp³-hybridized carbons (Fsp3) is 0.278. The van der Waals surface area contributed by atoms with Gasteiger partial charge in [0.25, 0.3) is 5.56 Å². The van der Waals surface area contributed by atoms with Crippen molar-refractivity contribution in [2.45, 2.75) is 31.5 Å². The van der Waals surface area contributed by atoms with E-state index in [2.05, 4.69) is 19.9 Å². The van der Waals surface area contributed by atoms with Crippen LogP contribution >= 0.6 is 0 Å². The second-order valence-electron chi connectivity index (χ2n) is 6.42. The van der Waals surface area contributed by atoms with Crippen molar-refractivity contribution in [2.24, 2.45) is 0 Å². The van der Waals surface area contributed by atoms with Gasteiger partial charge in [-0.1, -0.05) is 0 Å². The number of benzene rings is 1. The van der Waals surface area contributed by atoms with Crippen LogP contribution in [0.15, 0.2) is 39.9 Å². The van der Waals surface area contributed by atoms with Gasteiger partial charge in [-0.3, -0.25) is 4.79 Å². The van der Waals surface area contributed by atoms with Crippen LogP contribution in [-0.4, -0.2) is 27.8 Å². The zero-order valence-electron chi connectivity index (χ0n) is 14.6. The Balaban J connectivity index is 1.36. The predicted molar refractivity (Wildman–Crippen MR) is 89.7 cm³/mol. The highest BCUT2D eigenvalue weighted by Gasteiger charge is 2.34. The summed E-state index contributed by atoms with van der Waals surface area (Å²) in [4.78, 5) is 19.2. The lowest BCUT2D eigenvalue weighted by Gasteiger charge is -2.35. The van der Waals surface area contributed by atoms with E-state index in [4.69, 9.17) is 9.26 Å². The van der Waals surface area contributed by atoms with Crippen molar-refractivity contribution in [3.05, 3.63) is 58.1 Å². The van der Waals surface area contributed by atoms with Crippen LogP contribution in [0.4, 0.5) is 17.6 Å². The van der Waals surface area contributed by atoms with Crippen molar-refractivity contribution in [1.29, 1.82) is 0 Å². The molecule has 4 rings (SSSR count). The Morgan fingerprint density at radius 2 is 1.83 bits per heavy atom. The van der Waals surface area contributed by atoms with Crippen LogP contribution in [0.1, 0.15) is 24.3 Å².